The molecule has 0 amide bonds. The number of carboxylic acids is 1. The minimum atomic E-state index is -1.05. The van der Waals surface area contributed by atoms with E-state index in [2.05, 4.69) is 20.6 Å². The molecule has 0 aliphatic rings. The molecule has 3 rings (SSSR count). The van der Waals surface area contributed by atoms with Gasteiger partial charge in [-0.15, -0.1) is 5.10 Å². The molecule has 0 fully saturated rings. The van der Waals surface area contributed by atoms with Crippen LogP contribution >= 0.6 is 0 Å². The zero-order valence-corrected chi connectivity index (χ0v) is 12.6. The van der Waals surface area contributed by atoms with Gasteiger partial charge in [-0.2, -0.15) is 0 Å². The predicted molar refractivity (Wildman–Crippen MR) is 85.4 cm³/mol. The average Bonchev–Trinajstić information content (AvgIpc) is 3.11. The van der Waals surface area contributed by atoms with E-state index in [9.17, 15) is 4.79 Å². The topological polar surface area (TPSA) is 127 Å². The van der Waals surface area contributed by atoms with Crippen molar-refractivity contribution in [2.75, 3.05) is 0 Å². The number of aromatic amines is 1. The molecular formula is C16H15N5O3. The largest absolute Gasteiger partial charge is 0.480 e. The van der Waals surface area contributed by atoms with Crippen LogP contribution < -0.4 is 10.5 Å². The zero-order valence-electron chi connectivity index (χ0n) is 12.6. The van der Waals surface area contributed by atoms with Gasteiger partial charge in [0.05, 0.1) is 0 Å². The summed E-state index contributed by atoms with van der Waals surface area (Å²) in [6, 6.07) is 13.5. The van der Waals surface area contributed by atoms with Crippen LogP contribution in [0.5, 0.6) is 11.5 Å². The fourth-order valence-electron chi connectivity index (χ4n) is 2.21. The Labute approximate surface area is 137 Å². The maximum absolute atomic E-state index is 11.0. The smallest absolute Gasteiger partial charge is 0.320 e. The van der Waals surface area contributed by atoms with E-state index >= 15 is 0 Å². The molecule has 0 aliphatic heterocycles. The fraction of sp³-hybridized carbons (Fsp3) is 0.125. The molecular weight excluding hydrogens is 310 g/mol. The number of nitrogens with zero attached hydrogens (tertiary/aromatic N) is 3. The van der Waals surface area contributed by atoms with Gasteiger partial charge in [-0.05, 0) is 34.2 Å². The van der Waals surface area contributed by atoms with Crippen LogP contribution in [0, 0.1) is 0 Å². The molecule has 0 spiro atoms. The van der Waals surface area contributed by atoms with E-state index in [1.807, 2.05) is 24.3 Å². The van der Waals surface area contributed by atoms with Crippen LogP contribution in [-0.4, -0.2) is 37.7 Å². The molecule has 1 aromatic heterocycles. The molecule has 0 saturated heterocycles. The Hall–Kier alpha value is -3.26. The third-order valence-electron chi connectivity index (χ3n) is 3.41. The molecule has 0 aliphatic carbocycles. The van der Waals surface area contributed by atoms with Gasteiger partial charge in [0.25, 0.3) is 0 Å². The summed E-state index contributed by atoms with van der Waals surface area (Å²) in [5.74, 6) is 0.619. The maximum Gasteiger partial charge on any atom is 0.320 e. The van der Waals surface area contributed by atoms with Gasteiger partial charge < -0.3 is 15.6 Å². The second kappa shape index (κ2) is 6.88. The number of tetrazole rings is 1. The second-order valence-corrected chi connectivity index (χ2v) is 5.14. The minimum absolute atomic E-state index is 0.178. The van der Waals surface area contributed by atoms with Crippen LogP contribution in [0.15, 0.2) is 48.5 Å². The Bertz CT molecular complexity index is 835. The first-order valence-corrected chi connectivity index (χ1v) is 7.22. The van der Waals surface area contributed by atoms with Gasteiger partial charge in [-0.1, -0.05) is 30.3 Å². The number of benzene rings is 2. The third kappa shape index (κ3) is 3.55. The third-order valence-corrected chi connectivity index (χ3v) is 3.41. The zero-order chi connectivity index (χ0) is 16.9. The highest BCUT2D eigenvalue weighted by molar-refractivity contribution is 5.73. The number of hydrogen-bond acceptors (Lipinski definition) is 6. The van der Waals surface area contributed by atoms with Crippen molar-refractivity contribution in [2.24, 2.45) is 5.73 Å². The Morgan fingerprint density at radius 1 is 1.25 bits per heavy atom. The SMILES string of the molecule is NC(Cc1ccccc1Oc1cccc(-c2nnn[nH]2)c1)C(=O)O. The number of aliphatic carboxylic acids is 1. The van der Waals surface area contributed by atoms with Gasteiger partial charge in [-0.3, -0.25) is 4.79 Å². The summed E-state index contributed by atoms with van der Waals surface area (Å²) in [5.41, 5.74) is 7.11. The monoisotopic (exact) mass is 325 g/mol. The lowest BCUT2D eigenvalue weighted by Gasteiger charge is -2.13. The minimum Gasteiger partial charge on any atom is -0.480 e. The Balaban J connectivity index is 1.84. The van der Waals surface area contributed by atoms with Crippen LogP contribution in [0.4, 0.5) is 0 Å². The molecule has 3 aromatic rings. The summed E-state index contributed by atoms with van der Waals surface area (Å²) in [6.45, 7) is 0. The Kier molecular flexibility index (Phi) is 4.48. The van der Waals surface area contributed by atoms with Gasteiger partial charge in [0, 0.05) is 12.0 Å². The van der Waals surface area contributed by atoms with E-state index in [-0.39, 0.29) is 6.42 Å². The van der Waals surface area contributed by atoms with E-state index in [0.717, 1.165) is 11.1 Å². The maximum atomic E-state index is 11.0. The average molecular weight is 325 g/mol. The number of ether oxygens (including phenoxy) is 1. The van der Waals surface area contributed by atoms with Crippen LogP contribution in [0.3, 0.4) is 0 Å². The van der Waals surface area contributed by atoms with Crippen molar-refractivity contribution in [3.63, 3.8) is 0 Å². The van der Waals surface area contributed by atoms with Crippen molar-refractivity contribution in [3.05, 3.63) is 54.1 Å². The molecule has 24 heavy (non-hydrogen) atoms. The predicted octanol–water partition coefficient (Wildman–Crippen LogP) is 1.61. The molecule has 122 valence electrons. The first kappa shape index (κ1) is 15.6. The molecule has 1 heterocycles. The van der Waals surface area contributed by atoms with Gasteiger partial charge >= 0.3 is 5.97 Å². The van der Waals surface area contributed by atoms with Crippen LogP contribution in [0.2, 0.25) is 0 Å². The number of H-pyrrole nitrogens is 1. The number of para-hydroxylation sites is 1. The second-order valence-electron chi connectivity index (χ2n) is 5.14. The van der Waals surface area contributed by atoms with Crippen molar-refractivity contribution >= 4 is 5.97 Å². The van der Waals surface area contributed by atoms with Crippen molar-refractivity contribution in [1.29, 1.82) is 0 Å². The van der Waals surface area contributed by atoms with Crippen LogP contribution in [-0.2, 0) is 11.2 Å². The number of aromatic nitrogens is 4. The number of carbonyl (C=O) groups is 1. The Morgan fingerprint density at radius 3 is 2.83 bits per heavy atom. The van der Waals surface area contributed by atoms with E-state index in [1.54, 1.807) is 24.3 Å². The number of carboxylic acid groups (broad SMARTS) is 1. The van der Waals surface area contributed by atoms with E-state index < -0.39 is 12.0 Å². The van der Waals surface area contributed by atoms with Crippen molar-refractivity contribution < 1.29 is 14.6 Å². The first-order valence-electron chi connectivity index (χ1n) is 7.22. The normalized spacial score (nSPS) is 11.9. The summed E-state index contributed by atoms with van der Waals surface area (Å²) < 4.78 is 5.90. The lowest BCUT2D eigenvalue weighted by Crippen LogP contribution is -2.32. The summed E-state index contributed by atoms with van der Waals surface area (Å²) in [6.07, 6.45) is 0.178. The molecule has 0 bridgehead atoms. The highest BCUT2D eigenvalue weighted by Gasteiger charge is 2.15. The molecule has 0 saturated carbocycles. The van der Waals surface area contributed by atoms with Gasteiger partial charge in [-0.25, -0.2) is 5.10 Å². The lowest BCUT2D eigenvalue weighted by atomic mass is 10.1. The van der Waals surface area contributed by atoms with Crippen molar-refractivity contribution in [2.45, 2.75) is 12.5 Å². The van der Waals surface area contributed by atoms with Gasteiger partial charge in [0.15, 0.2) is 5.82 Å². The summed E-state index contributed by atoms with van der Waals surface area (Å²) in [5, 5.41) is 22.6. The molecule has 0 radical (unpaired) electrons. The molecule has 8 nitrogen and oxygen atoms in total. The van der Waals surface area contributed by atoms with Crippen LogP contribution in [0.25, 0.3) is 11.4 Å². The lowest BCUT2D eigenvalue weighted by molar-refractivity contribution is -0.138. The van der Waals surface area contributed by atoms with E-state index in [0.29, 0.717) is 17.3 Å². The van der Waals surface area contributed by atoms with E-state index in [1.165, 1.54) is 0 Å². The standard InChI is InChI=1S/C16H15N5O3/c17-13(16(22)23)9-10-4-1-2-7-14(10)24-12-6-3-5-11(8-12)15-18-20-21-19-15/h1-8,13H,9,17H2,(H,22,23)(H,18,19,20,21). The highest BCUT2D eigenvalue weighted by Crippen LogP contribution is 2.28. The molecule has 8 heteroatoms. The number of nitrogens with one attached hydrogen (secondary N) is 1. The highest BCUT2D eigenvalue weighted by atomic mass is 16.5. The number of hydrogen-bond donors (Lipinski definition) is 3. The summed E-state index contributed by atoms with van der Waals surface area (Å²) in [7, 11) is 0. The van der Waals surface area contributed by atoms with Gasteiger partial charge in [0.1, 0.15) is 17.5 Å². The van der Waals surface area contributed by atoms with Gasteiger partial charge in [0.2, 0.25) is 0 Å². The molecule has 1 atom stereocenters. The quantitative estimate of drug-likeness (QED) is 0.628. The van der Waals surface area contributed by atoms with E-state index in [4.69, 9.17) is 15.6 Å². The number of rotatable bonds is 6. The van der Waals surface area contributed by atoms with Crippen LogP contribution in [0.1, 0.15) is 5.56 Å². The molecule has 4 N–H and O–H groups in total. The molecule has 2 aromatic carbocycles. The number of nitrogens with two attached hydrogens (primary N) is 1. The van der Waals surface area contributed by atoms with Crippen molar-refractivity contribution in [3.8, 4) is 22.9 Å². The fourth-order valence-corrected chi connectivity index (χ4v) is 2.21. The summed E-state index contributed by atoms with van der Waals surface area (Å²) >= 11 is 0. The molecule has 1 unspecified atom stereocenters. The summed E-state index contributed by atoms with van der Waals surface area (Å²) in [4.78, 5) is 11.0. The van der Waals surface area contributed by atoms with Crippen molar-refractivity contribution in [1.82, 2.24) is 20.6 Å². The Morgan fingerprint density at radius 2 is 2.08 bits per heavy atom. The first-order chi connectivity index (χ1) is 11.6.